The Labute approximate surface area is 164 Å². The van der Waals surface area contributed by atoms with Crippen molar-refractivity contribution in [2.75, 3.05) is 5.32 Å². The van der Waals surface area contributed by atoms with Crippen molar-refractivity contribution in [3.8, 4) is 0 Å². The molecule has 0 aliphatic carbocycles. The van der Waals surface area contributed by atoms with E-state index in [1.807, 2.05) is 19.1 Å². The fourth-order valence-electron chi connectivity index (χ4n) is 2.95. The minimum Gasteiger partial charge on any atom is -0.340 e. The zero-order valence-corrected chi connectivity index (χ0v) is 16.2. The topological polar surface area (TPSA) is 68.2 Å². The molecule has 28 heavy (non-hydrogen) atoms. The Bertz CT molecular complexity index is 1050. The van der Waals surface area contributed by atoms with Crippen molar-refractivity contribution in [2.45, 2.75) is 27.3 Å². The van der Waals surface area contributed by atoms with Crippen LogP contribution in [0.4, 0.5) is 5.69 Å². The molecule has 142 valence electrons. The first-order chi connectivity index (χ1) is 13.3. The van der Waals surface area contributed by atoms with Gasteiger partial charge in [0, 0.05) is 24.0 Å². The van der Waals surface area contributed by atoms with Gasteiger partial charge in [-0.3, -0.25) is 14.4 Å². The van der Waals surface area contributed by atoms with E-state index >= 15 is 0 Å². The van der Waals surface area contributed by atoms with Crippen molar-refractivity contribution < 1.29 is 14.4 Å². The van der Waals surface area contributed by atoms with Crippen molar-refractivity contribution in [3.63, 3.8) is 0 Å². The highest BCUT2D eigenvalue weighted by atomic mass is 16.2. The third-order valence-electron chi connectivity index (χ3n) is 4.74. The van der Waals surface area contributed by atoms with Crippen LogP contribution >= 0.6 is 0 Å². The lowest BCUT2D eigenvalue weighted by atomic mass is 10.1. The SMILES string of the molecule is CC(=O)c1ccc(NC(=O)C(=O)c2cccn2Cc2ccc(C)c(C)c2)cc1. The summed E-state index contributed by atoms with van der Waals surface area (Å²) in [5.41, 5.74) is 4.80. The van der Waals surface area contributed by atoms with E-state index in [0.29, 0.717) is 23.5 Å². The third-order valence-corrected chi connectivity index (χ3v) is 4.74. The maximum absolute atomic E-state index is 12.6. The number of carbonyl (C=O) groups excluding carboxylic acids is 3. The highest BCUT2D eigenvalue weighted by Crippen LogP contribution is 2.15. The molecule has 0 spiro atoms. The summed E-state index contributed by atoms with van der Waals surface area (Å²) >= 11 is 0. The van der Waals surface area contributed by atoms with Crippen LogP contribution in [-0.4, -0.2) is 22.0 Å². The van der Waals surface area contributed by atoms with Gasteiger partial charge < -0.3 is 9.88 Å². The van der Waals surface area contributed by atoms with Gasteiger partial charge in [-0.15, -0.1) is 0 Å². The second kappa shape index (κ2) is 8.05. The minimum atomic E-state index is -0.712. The Kier molecular flexibility index (Phi) is 5.54. The second-order valence-electron chi connectivity index (χ2n) is 6.86. The van der Waals surface area contributed by atoms with Gasteiger partial charge in [0.15, 0.2) is 5.78 Å². The summed E-state index contributed by atoms with van der Waals surface area (Å²) in [6.45, 7) is 6.08. The van der Waals surface area contributed by atoms with Crippen LogP contribution in [0.25, 0.3) is 0 Å². The highest BCUT2D eigenvalue weighted by Gasteiger charge is 2.20. The molecule has 0 aliphatic rings. The quantitative estimate of drug-likeness (QED) is 0.520. The molecule has 5 nitrogen and oxygen atoms in total. The number of aromatic nitrogens is 1. The number of Topliss-reactive ketones (excluding diaryl/α,β-unsaturated/α-hetero) is 2. The Balaban J connectivity index is 1.73. The normalized spacial score (nSPS) is 10.5. The summed E-state index contributed by atoms with van der Waals surface area (Å²) in [5, 5.41) is 2.59. The predicted molar refractivity (Wildman–Crippen MR) is 109 cm³/mol. The first-order valence-electron chi connectivity index (χ1n) is 9.03. The van der Waals surface area contributed by atoms with Crippen LogP contribution in [0, 0.1) is 13.8 Å². The number of carbonyl (C=O) groups is 3. The van der Waals surface area contributed by atoms with Crippen LogP contribution in [0.1, 0.15) is 44.5 Å². The molecule has 0 saturated heterocycles. The van der Waals surface area contributed by atoms with E-state index < -0.39 is 11.7 Å². The molecule has 0 radical (unpaired) electrons. The third kappa shape index (κ3) is 4.26. The number of hydrogen-bond donors (Lipinski definition) is 1. The fraction of sp³-hybridized carbons (Fsp3) is 0.174. The maximum atomic E-state index is 12.6. The van der Waals surface area contributed by atoms with Crippen LogP contribution in [0.3, 0.4) is 0 Å². The minimum absolute atomic E-state index is 0.0573. The molecule has 3 rings (SSSR count). The average molecular weight is 374 g/mol. The van der Waals surface area contributed by atoms with Crippen LogP contribution in [0.15, 0.2) is 60.8 Å². The molecule has 1 aromatic heterocycles. The van der Waals surface area contributed by atoms with Crippen molar-refractivity contribution >= 4 is 23.2 Å². The highest BCUT2D eigenvalue weighted by molar-refractivity contribution is 6.46. The molecule has 0 aliphatic heterocycles. The number of nitrogens with zero attached hydrogens (tertiary/aromatic N) is 1. The number of nitrogens with one attached hydrogen (secondary N) is 1. The Morgan fingerprint density at radius 3 is 2.29 bits per heavy atom. The summed E-state index contributed by atoms with van der Waals surface area (Å²) in [6.07, 6.45) is 1.79. The molecule has 0 bridgehead atoms. The molecular formula is C23H22N2O3. The number of aryl methyl sites for hydroxylation is 2. The average Bonchev–Trinajstić information content (AvgIpc) is 3.12. The number of hydrogen-bond acceptors (Lipinski definition) is 3. The zero-order chi connectivity index (χ0) is 20.3. The molecular weight excluding hydrogens is 352 g/mol. The summed E-state index contributed by atoms with van der Waals surface area (Å²) in [6, 6.07) is 16.0. The van der Waals surface area contributed by atoms with E-state index in [9.17, 15) is 14.4 Å². The van der Waals surface area contributed by atoms with Gasteiger partial charge in [0.1, 0.15) is 0 Å². The number of rotatable bonds is 6. The molecule has 1 amide bonds. The largest absolute Gasteiger partial charge is 0.340 e. The van der Waals surface area contributed by atoms with Gasteiger partial charge in [-0.2, -0.15) is 0 Å². The molecule has 3 aromatic rings. The molecule has 0 atom stereocenters. The van der Waals surface area contributed by atoms with Crippen LogP contribution < -0.4 is 5.32 Å². The van der Waals surface area contributed by atoms with E-state index in [2.05, 4.69) is 18.3 Å². The summed E-state index contributed by atoms with van der Waals surface area (Å²) < 4.78 is 1.77. The number of anilines is 1. The molecule has 5 heteroatoms. The van der Waals surface area contributed by atoms with Gasteiger partial charge in [-0.1, -0.05) is 18.2 Å². The van der Waals surface area contributed by atoms with Gasteiger partial charge in [-0.05, 0) is 73.9 Å². The zero-order valence-electron chi connectivity index (χ0n) is 16.2. The predicted octanol–water partition coefficient (Wildman–Crippen LogP) is 4.18. The summed E-state index contributed by atoms with van der Waals surface area (Å²) in [7, 11) is 0. The van der Waals surface area contributed by atoms with E-state index in [-0.39, 0.29) is 5.78 Å². The van der Waals surface area contributed by atoms with Crippen LogP contribution in [0.2, 0.25) is 0 Å². The standard InChI is InChI=1S/C23H22N2O3/c1-15-6-7-18(13-16(15)2)14-25-12-4-5-21(25)22(27)23(28)24-20-10-8-19(9-11-20)17(3)26/h4-13H,14H2,1-3H3,(H,24,28). The lowest BCUT2D eigenvalue weighted by molar-refractivity contribution is -0.112. The summed E-state index contributed by atoms with van der Waals surface area (Å²) in [4.78, 5) is 36.3. The first kappa shape index (κ1) is 19.3. The fourth-order valence-corrected chi connectivity index (χ4v) is 2.95. The van der Waals surface area contributed by atoms with Crippen molar-refractivity contribution in [1.29, 1.82) is 0 Å². The van der Waals surface area contributed by atoms with Crippen LogP contribution in [0.5, 0.6) is 0 Å². The van der Waals surface area contributed by atoms with Gasteiger partial charge in [-0.25, -0.2) is 0 Å². The lowest BCUT2D eigenvalue weighted by Crippen LogP contribution is -2.25. The molecule has 2 aromatic carbocycles. The van der Waals surface area contributed by atoms with E-state index in [0.717, 1.165) is 5.56 Å². The Morgan fingerprint density at radius 1 is 0.929 bits per heavy atom. The van der Waals surface area contributed by atoms with Crippen molar-refractivity contribution in [3.05, 3.63) is 88.7 Å². The molecule has 0 unspecified atom stereocenters. The monoisotopic (exact) mass is 374 g/mol. The van der Waals surface area contributed by atoms with Crippen molar-refractivity contribution in [2.24, 2.45) is 0 Å². The Morgan fingerprint density at radius 2 is 1.64 bits per heavy atom. The van der Waals surface area contributed by atoms with Crippen LogP contribution in [-0.2, 0) is 11.3 Å². The first-order valence-corrected chi connectivity index (χ1v) is 9.03. The van der Waals surface area contributed by atoms with E-state index in [1.165, 1.54) is 18.1 Å². The maximum Gasteiger partial charge on any atom is 0.298 e. The van der Waals surface area contributed by atoms with E-state index in [4.69, 9.17) is 0 Å². The van der Waals surface area contributed by atoms with Gasteiger partial charge in [0.2, 0.25) is 0 Å². The molecule has 0 saturated carbocycles. The summed E-state index contributed by atoms with van der Waals surface area (Å²) in [5.74, 6) is -1.38. The van der Waals surface area contributed by atoms with E-state index in [1.54, 1.807) is 47.2 Å². The smallest absolute Gasteiger partial charge is 0.298 e. The van der Waals surface area contributed by atoms with Crippen molar-refractivity contribution in [1.82, 2.24) is 4.57 Å². The van der Waals surface area contributed by atoms with Gasteiger partial charge in [0.25, 0.3) is 11.7 Å². The Hall–Kier alpha value is -3.47. The number of benzene rings is 2. The van der Waals surface area contributed by atoms with Gasteiger partial charge in [0.05, 0.1) is 5.69 Å². The molecule has 0 fully saturated rings. The second-order valence-corrected chi connectivity index (χ2v) is 6.86. The molecule has 1 heterocycles. The lowest BCUT2D eigenvalue weighted by Gasteiger charge is -2.11. The van der Waals surface area contributed by atoms with Gasteiger partial charge >= 0.3 is 0 Å². The molecule has 1 N–H and O–H groups in total. The number of ketones is 2. The number of amides is 1.